The molecule has 8 nitrogen and oxygen atoms in total. The van der Waals surface area contributed by atoms with Crippen LogP contribution < -0.4 is 10.6 Å². The lowest BCUT2D eigenvalue weighted by Crippen LogP contribution is -2.33. The molecule has 0 aliphatic carbocycles. The van der Waals surface area contributed by atoms with Crippen molar-refractivity contribution in [1.29, 1.82) is 0 Å². The summed E-state index contributed by atoms with van der Waals surface area (Å²) in [6.07, 6.45) is 4.92. The van der Waals surface area contributed by atoms with Gasteiger partial charge in [0, 0.05) is 25.4 Å². The van der Waals surface area contributed by atoms with Gasteiger partial charge in [-0.2, -0.15) is 5.10 Å². The van der Waals surface area contributed by atoms with E-state index in [4.69, 9.17) is 4.42 Å². The first-order valence-electron chi connectivity index (χ1n) is 9.19. The monoisotopic (exact) mass is 391 g/mol. The van der Waals surface area contributed by atoms with Gasteiger partial charge in [0.25, 0.3) is 5.91 Å². The zero-order valence-corrected chi connectivity index (χ0v) is 16.2. The van der Waals surface area contributed by atoms with E-state index in [1.807, 2.05) is 31.2 Å². The first kappa shape index (κ1) is 18.5. The molecule has 0 spiro atoms. The maximum absolute atomic E-state index is 12.4. The van der Waals surface area contributed by atoms with Gasteiger partial charge in [-0.15, -0.1) is 0 Å². The minimum absolute atomic E-state index is 0.144. The van der Waals surface area contributed by atoms with E-state index >= 15 is 0 Å². The molecule has 29 heavy (non-hydrogen) atoms. The Balaban J connectivity index is 1.32. The number of hydrogen-bond donors (Lipinski definition) is 2. The molecular weight excluding hydrogens is 370 g/mol. The Morgan fingerprint density at radius 3 is 2.83 bits per heavy atom. The minimum Gasteiger partial charge on any atom is -0.463 e. The molecule has 0 saturated carbocycles. The molecule has 0 unspecified atom stereocenters. The molecule has 0 bridgehead atoms. The lowest BCUT2D eigenvalue weighted by atomic mass is 10.1. The van der Waals surface area contributed by atoms with Gasteiger partial charge in [-0.25, -0.2) is 0 Å². The molecule has 0 fully saturated rings. The van der Waals surface area contributed by atoms with Crippen molar-refractivity contribution in [3.63, 3.8) is 0 Å². The number of nitrogens with zero attached hydrogens (tertiary/aromatic N) is 3. The Morgan fingerprint density at radius 2 is 2.03 bits per heavy atom. The van der Waals surface area contributed by atoms with Crippen LogP contribution in [0.3, 0.4) is 0 Å². The Labute approximate surface area is 167 Å². The highest BCUT2D eigenvalue weighted by atomic mass is 16.3. The number of aromatic nitrogens is 3. The molecule has 1 aromatic carbocycles. The largest absolute Gasteiger partial charge is 0.463 e. The van der Waals surface area contributed by atoms with Crippen LogP contribution in [0, 0.1) is 6.92 Å². The molecular formula is C21H21N5O3. The summed E-state index contributed by atoms with van der Waals surface area (Å²) < 4.78 is 8.78. The highest BCUT2D eigenvalue weighted by molar-refractivity contribution is 6.00. The molecule has 3 heterocycles. The number of amides is 2. The predicted octanol–water partition coefficient (Wildman–Crippen LogP) is 2.69. The topological polar surface area (TPSA) is 94.1 Å². The van der Waals surface area contributed by atoms with Crippen molar-refractivity contribution in [2.45, 2.75) is 13.5 Å². The Morgan fingerprint density at radius 1 is 1.21 bits per heavy atom. The van der Waals surface area contributed by atoms with Crippen molar-refractivity contribution in [2.75, 3.05) is 11.9 Å². The molecule has 2 amide bonds. The molecule has 3 aromatic heterocycles. The third kappa shape index (κ3) is 3.91. The van der Waals surface area contributed by atoms with Crippen LogP contribution in [0.4, 0.5) is 5.69 Å². The van der Waals surface area contributed by atoms with E-state index in [1.165, 1.54) is 5.56 Å². The number of carbonyl (C=O) groups is 2. The number of rotatable bonds is 6. The number of hydrogen-bond acceptors (Lipinski definition) is 4. The van der Waals surface area contributed by atoms with E-state index in [9.17, 15) is 9.59 Å². The number of aryl methyl sites for hydroxylation is 2. The van der Waals surface area contributed by atoms with E-state index in [0.29, 0.717) is 23.5 Å². The second-order valence-electron chi connectivity index (χ2n) is 6.84. The van der Waals surface area contributed by atoms with Gasteiger partial charge in [0.1, 0.15) is 5.69 Å². The maximum atomic E-state index is 12.4. The molecule has 0 saturated heterocycles. The molecule has 2 N–H and O–H groups in total. The van der Waals surface area contributed by atoms with Gasteiger partial charge in [0.15, 0.2) is 5.58 Å². The van der Waals surface area contributed by atoms with Crippen LogP contribution >= 0.6 is 0 Å². The van der Waals surface area contributed by atoms with E-state index in [-0.39, 0.29) is 18.4 Å². The highest BCUT2D eigenvalue weighted by Gasteiger charge is 2.16. The van der Waals surface area contributed by atoms with Gasteiger partial charge in [-0.1, -0.05) is 24.3 Å². The van der Waals surface area contributed by atoms with Crippen LogP contribution in [0.1, 0.15) is 21.6 Å². The fourth-order valence-electron chi connectivity index (χ4n) is 3.20. The van der Waals surface area contributed by atoms with E-state index in [0.717, 1.165) is 11.1 Å². The Bertz CT molecular complexity index is 1180. The summed E-state index contributed by atoms with van der Waals surface area (Å²) in [7, 11) is 1.77. The van der Waals surface area contributed by atoms with Crippen LogP contribution in [-0.4, -0.2) is 32.7 Å². The first-order valence-corrected chi connectivity index (χ1v) is 9.19. The molecule has 148 valence electrons. The fourth-order valence-corrected chi connectivity index (χ4v) is 3.20. The van der Waals surface area contributed by atoms with Crippen LogP contribution in [0.5, 0.6) is 0 Å². The summed E-state index contributed by atoms with van der Waals surface area (Å²) in [6, 6.07) is 11.5. The van der Waals surface area contributed by atoms with Gasteiger partial charge < -0.3 is 19.6 Å². The molecule has 0 radical (unpaired) electrons. The predicted molar refractivity (Wildman–Crippen MR) is 109 cm³/mol. The van der Waals surface area contributed by atoms with Gasteiger partial charge in [0.2, 0.25) is 5.91 Å². The maximum Gasteiger partial charge on any atom is 0.268 e. The Hall–Kier alpha value is -3.81. The highest BCUT2D eigenvalue weighted by Crippen LogP contribution is 2.19. The van der Waals surface area contributed by atoms with Crippen LogP contribution in [0.15, 0.2) is 59.5 Å². The molecule has 0 aliphatic heterocycles. The average Bonchev–Trinajstić information content (AvgIpc) is 3.40. The lowest BCUT2D eigenvalue weighted by Gasteiger charge is -2.07. The summed E-state index contributed by atoms with van der Waals surface area (Å²) >= 11 is 0. The summed E-state index contributed by atoms with van der Waals surface area (Å²) in [4.78, 5) is 24.5. The molecule has 0 atom stereocenters. The zero-order chi connectivity index (χ0) is 20.4. The first-order chi connectivity index (χ1) is 14.0. The summed E-state index contributed by atoms with van der Waals surface area (Å²) in [5.74, 6) is -0.670. The van der Waals surface area contributed by atoms with Crippen molar-refractivity contribution in [3.05, 3.63) is 71.9 Å². The van der Waals surface area contributed by atoms with E-state index in [1.54, 1.807) is 47.1 Å². The van der Waals surface area contributed by atoms with Gasteiger partial charge in [-0.3, -0.25) is 14.3 Å². The van der Waals surface area contributed by atoms with Crippen LogP contribution in [0.2, 0.25) is 0 Å². The zero-order valence-electron chi connectivity index (χ0n) is 16.2. The third-order valence-electron chi connectivity index (χ3n) is 4.82. The lowest BCUT2D eigenvalue weighted by molar-refractivity contribution is -0.115. The normalized spacial score (nSPS) is 11.0. The summed E-state index contributed by atoms with van der Waals surface area (Å²) in [6.45, 7) is 2.52. The molecule has 8 heteroatoms. The van der Waals surface area contributed by atoms with Crippen LogP contribution in [-0.2, 0) is 18.4 Å². The number of anilines is 1. The smallest absolute Gasteiger partial charge is 0.268 e. The van der Waals surface area contributed by atoms with Crippen molar-refractivity contribution in [1.82, 2.24) is 19.7 Å². The second-order valence-corrected chi connectivity index (χ2v) is 6.84. The van der Waals surface area contributed by atoms with E-state index in [2.05, 4.69) is 15.7 Å². The van der Waals surface area contributed by atoms with Crippen molar-refractivity contribution in [2.24, 2.45) is 7.05 Å². The number of furan rings is 1. The quantitative estimate of drug-likeness (QED) is 0.528. The number of benzene rings is 1. The van der Waals surface area contributed by atoms with E-state index < -0.39 is 0 Å². The van der Waals surface area contributed by atoms with Crippen LogP contribution in [0.25, 0.3) is 11.1 Å². The fraction of sp³-hybridized carbons (Fsp3) is 0.190. The third-order valence-corrected chi connectivity index (χ3v) is 4.82. The Kier molecular flexibility index (Phi) is 4.90. The number of fused-ring (bicyclic) bond motifs is 1. The summed E-state index contributed by atoms with van der Waals surface area (Å²) in [5.41, 5.74) is 4.80. The molecule has 0 aliphatic rings. The van der Waals surface area contributed by atoms with Crippen molar-refractivity contribution < 1.29 is 14.0 Å². The van der Waals surface area contributed by atoms with Gasteiger partial charge >= 0.3 is 0 Å². The molecule has 4 rings (SSSR count). The van der Waals surface area contributed by atoms with Crippen molar-refractivity contribution in [3.8, 4) is 0 Å². The second kappa shape index (κ2) is 7.67. The summed E-state index contributed by atoms with van der Waals surface area (Å²) in [5, 5.41) is 9.65. The van der Waals surface area contributed by atoms with Crippen molar-refractivity contribution >= 4 is 28.6 Å². The van der Waals surface area contributed by atoms with Gasteiger partial charge in [-0.05, 0) is 18.1 Å². The number of nitrogens with one attached hydrogen (secondary N) is 2. The van der Waals surface area contributed by atoms with Gasteiger partial charge in [0.05, 0.1) is 36.8 Å². The average molecular weight is 391 g/mol. The number of carbonyl (C=O) groups excluding carboxylic acids is 2. The standard InChI is InChI=1S/C21H21N5O3/c1-14-5-3-4-6-15(14)12-26-13-16(10-23-26)24-20(27)11-22-21(28)18-9-19-17(25(18)2)7-8-29-19/h3-10,13H,11-12H2,1-2H3,(H,22,28)(H,24,27). The minimum atomic E-state index is -0.343. The molecule has 4 aromatic rings. The SMILES string of the molecule is Cc1ccccc1Cn1cc(NC(=O)CNC(=O)c2cc3occc3n2C)cn1.